The van der Waals surface area contributed by atoms with Crippen molar-refractivity contribution in [2.24, 2.45) is 0 Å². The third-order valence-electron chi connectivity index (χ3n) is 9.35. The normalized spacial score (nSPS) is 11.3. The molecule has 0 saturated heterocycles. The number of carbonyl (C=O) groups excluding carboxylic acids is 3. The molecular weight excluding hydrogens is 610 g/mol. The van der Waals surface area contributed by atoms with Crippen molar-refractivity contribution in [3.63, 3.8) is 0 Å². The molecule has 0 bridgehead atoms. The van der Waals surface area contributed by atoms with Crippen LogP contribution in [0.1, 0.15) is 218 Å². The van der Waals surface area contributed by atoms with Crippen LogP contribution in [-0.4, -0.2) is 30.3 Å². The zero-order valence-electron chi connectivity index (χ0n) is 32.4. The van der Waals surface area contributed by atoms with E-state index < -0.39 is 0 Å². The summed E-state index contributed by atoms with van der Waals surface area (Å²) in [5, 5.41) is 3.13. The van der Waals surface area contributed by atoms with Crippen LogP contribution >= 0.6 is 0 Å². The SMILES string of the molecule is CCCCCCCCCCCCCCCC(=O)Oc1ccc(C(=O)CNC(C)C)cc1OC(=O)CCCCCCCCCCCCCCC. The Kier molecular flexibility index (Phi) is 29.0. The van der Waals surface area contributed by atoms with E-state index >= 15 is 0 Å². The summed E-state index contributed by atoms with van der Waals surface area (Å²) in [6.45, 7) is 8.67. The molecule has 1 aromatic rings. The van der Waals surface area contributed by atoms with Crippen molar-refractivity contribution in [1.29, 1.82) is 0 Å². The summed E-state index contributed by atoms with van der Waals surface area (Å²) in [7, 11) is 0. The summed E-state index contributed by atoms with van der Waals surface area (Å²) < 4.78 is 11.4. The van der Waals surface area contributed by atoms with E-state index in [9.17, 15) is 14.4 Å². The Morgan fingerprint density at radius 1 is 0.510 bits per heavy atom. The molecule has 0 fully saturated rings. The van der Waals surface area contributed by atoms with E-state index in [1.54, 1.807) is 18.2 Å². The predicted molar refractivity (Wildman–Crippen MR) is 206 cm³/mol. The molecule has 6 nitrogen and oxygen atoms in total. The summed E-state index contributed by atoms with van der Waals surface area (Å²) in [6.07, 6.45) is 33.0. The second kappa shape index (κ2) is 31.7. The second-order valence-corrected chi connectivity index (χ2v) is 14.6. The van der Waals surface area contributed by atoms with Gasteiger partial charge in [0.25, 0.3) is 0 Å². The van der Waals surface area contributed by atoms with Gasteiger partial charge in [-0.1, -0.05) is 182 Å². The van der Waals surface area contributed by atoms with Crippen molar-refractivity contribution in [1.82, 2.24) is 5.32 Å². The Morgan fingerprint density at radius 3 is 1.22 bits per heavy atom. The summed E-state index contributed by atoms with van der Waals surface area (Å²) in [5.74, 6) is -0.452. The number of nitrogens with one attached hydrogen (secondary N) is 1. The van der Waals surface area contributed by atoms with Crippen LogP contribution in [0.25, 0.3) is 0 Å². The molecule has 0 radical (unpaired) electrons. The lowest BCUT2D eigenvalue weighted by Crippen LogP contribution is -2.29. The molecule has 0 unspecified atom stereocenters. The first-order chi connectivity index (χ1) is 23.9. The van der Waals surface area contributed by atoms with Gasteiger partial charge in [-0.25, -0.2) is 0 Å². The van der Waals surface area contributed by atoms with Crippen LogP contribution in [0.15, 0.2) is 18.2 Å². The minimum atomic E-state index is -0.359. The Morgan fingerprint density at radius 2 is 0.857 bits per heavy atom. The van der Waals surface area contributed by atoms with Crippen LogP contribution in [-0.2, 0) is 9.59 Å². The first-order valence-electron chi connectivity index (χ1n) is 20.7. The molecule has 6 heteroatoms. The third-order valence-corrected chi connectivity index (χ3v) is 9.35. The zero-order chi connectivity index (χ0) is 35.8. The van der Waals surface area contributed by atoms with E-state index in [4.69, 9.17) is 9.47 Å². The summed E-state index contributed by atoms with van der Waals surface area (Å²) in [5.41, 5.74) is 0.424. The molecule has 0 spiro atoms. The molecule has 0 saturated carbocycles. The van der Waals surface area contributed by atoms with Gasteiger partial charge in [0, 0.05) is 24.4 Å². The second-order valence-electron chi connectivity index (χ2n) is 14.6. The van der Waals surface area contributed by atoms with Gasteiger partial charge in [-0.15, -0.1) is 0 Å². The predicted octanol–water partition coefficient (Wildman–Crippen LogP) is 12.6. The van der Waals surface area contributed by atoms with Crippen molar-refractivity contribution in [3.05, 3.63) is 23.8 Å². The van der Waals surface area contributed by atoms with Gasteiger partial charge < -0.3 is 14.8 Å². The average Bonchev–Trinajstić information content (AvgIpc) is 3.08. The van der Waals surface area contributed by atoms with Crippen molar-refractivity contribution in [3.8, 4) is 11.5 Å². The maximum Gasteiger partial charge on any atom is 0.311 e. The van der Waals surface area contributed by atoms with E-state index in [1.807, 2.05) is 13.8 Å². The van der Waals surface area contributed by atoms with E-state index in [1.165, 1.54) is 128 Å². The number of Topliss-reactive ketones (excluding diaryl/α,β-unsaturated/α-hetero) is 1. The maximum absolute atomic E-state index is 12.8. The number of unbranched alkanes of at least 4 members (excludes halogenated alkanes) is 24. The number of carbonyl (C=O) groups is 3. The molecule has 1 aromatic carbocycles. The molecule has 0 aromatic heterocycles. The van der Waals surface area contributed by atoms with Crippen LogP contribution in [0.5, 0.6) is 11.5 Å². The largest absolute Gasteiger partial charge is 0.423 e. The molecule has 0 amide bonds. The highest BCUT2D eigenvalue weighted by Gasteiger charge is 2.17. The number of hydrogen-bond acceptors (Lipinski definition) is 6. The van der Waals surface area contributed by atoms with E-state index in [0.29, 0.717) is 18.4 Å². The van der Waals surface area contributed by atoms with Crippen molar-refractivity contribution >= 4 is 17.7 Å². The topological polar surface area (TPSA) is 81.7 Å². The van der Waals surface area contributed by atoms with Gasteiger partial charge in [0.05, 0.1) is 6.54 Å². The fraction of sp³-hybridized carbons (Fsp3) is 0.791. The number of hydrogen-bond donors (Lipinski definition) is 1. The van der Waals surface area contributed by atoms with Gasteiger partial charge in [-0.3, -0.25) is 14.4 Å². The minimum absolute atomic E-state index is 0.104. The highest BCUT2D eigenvalue weighted by atomic mass is 16.6. The molecule has 1 N–H and O–H groups in total. The van der Waals surface area contributed by atoms with Gasteiger partial charge >= 0.3 is 11.9 Å². The lowest BCUT2D eigenvalue weighted by molar-refractivity contribution is -0.137. The van der Waals surface area contributed by atoms with Crippen molar-refractivity contribution in [2.45, 2.75) is 214 Å². The summed E-state index contributed by atoms with van der Waals surface area (Å²) in [6, 6.07) is 4.94. The molecular formula is C43H75NO5. The summed E-state index contributed by atoms with van der Waals surface area (Å²) >= 11 is 0. The van der Waals surface area contributed by atoms with Gasteiger partial charge in [-0.05, 0) is 31.0 Å². The average molecular weight is 686 g/mol. The minimum Gasteiger partial charge on any atom is -0.423 e. The lowest BCUT2D eigenvalue weighted by atomic mass is 10.0. The Hall–Kier alpha value is -2.21. The number of rotatable bonds is 34. The van der Waals surface area contributed by atoms with Gasteiger partial charge in [0.2, 0.25) is 0 Å². The number of benzene rings is 1. The molecule has 0 atom stereocenters. The van der Waals surface area contributed by atoms with Gasteiger partial charge in [-0.2, -0.15) is 0 Å². The van der Waals surface area contributed by atoms with Gasteiger partial charge in [0.15, 0.2) is 17.3 Å². The number of ether oxygens (including phenoxy) is 2. The van der Waals surface area contributed by atoms with Crippen LogP contribution in [0.3, 0.4) is 0 Å². The highest BCUT2D eigenvalue weighted by molar-refractivity contribution is 5.98. The molecule has 0 aliphatic carbocycles. The Bertz CT molecular complexity index is 975. The molecule has 0 aliphatic heterocycles. The van der Waals surface area contributed by atoms with E-state index in [0.717, 1.165) is 38.5 Å². The maximum atomic E-state index is 12.8. The molecule has 49 heavy (non-hydrogen) atoms. The third kappa shape index (κ3) is 26.3. The first-order valence-corrected chi connectivity index (χ1v) is 20.7. The number of ketones is 1. The quantitative estimate of drug-likeness (QED) is 0.0336. The fourth-order valence-electron chi connectivity index (χ4n) is 6.17. The zero-order valence-corrected chi connectivity index (χ0v) is 32.4. The monoisotopic (exact) mass is 686 g/mol. The molecule has 0 heterocycles. The number of esters is 2. The summed E-state index contributed by atoms with van der Waals surface area (Å²) in [4.78, 5) is 38.3. The van der Waals surface area contributed by atoms with Crippen LogP contribution in [0.4, 0.5) is 0 Å². The molecule has 1 rings (SSSR count). The highest BCUT2D eigenvalue weighted by Crippen LogP contribution is 2.30. The van der Waals surface area contributed by atoms with Crippen molar-refractivity contribution < 1.29 is 23.9 Å². The van der Waals surface area contributed by atoms with Crippen molar-refractivity contribution in [2.75, 3.05) is 6.54 Å². The smallest absolute Gasteiger partial charge is 0.311 e. The van der Waals surface area contributed by atoms with Crippen LogP contribution in [0, 0.1) is 0 Å². The molecule has 0 aliphatic rings. The van der Waals surface area contributed by atoms with E-state index in [-0.39, 0.29) is 41.8 Å². The van der Waals surface area contributed by atoms with Crippen LogP contribution < -0.4 is 14.8 Å². The van der Waals surface area contributed by atoms with Gasteiger partial charge in [0.1, 0.15) is 0 Å². The van der Waals surface area contributed by atoms with E-state index in [2.05, 4.69) is 19.2 Å². The Balaban J connectivity index is 2.41. The standard InChI is InChI=1S/C43H75NO5/c1-5-7-9-11-13-15-17-19-21-23-25-27-29-31-42(46)48-40-34-33-38(39(45)36-44-37(3)4)35-41(40)49-43(47)32-30-28-26-24-22-20-18-16-14-12-10-8-6-2/h33-35,37,44H,5-32,36H2,1-4H3. The molecule has 282 valence electrons. The fourth-order valence-corrected chi connectivity index (χ4v) is 6.17. The van der Waals surface area contributed by atoms with Crippen LogP contribution in [0.2, 0.25) is 0 Å². The Labute approximate surface area is 301 Å². The first kappa shape index (κ1) is 44.8. The lowest BCUT2D eigenvalue weighted by Gasteiger charge is -2.13.